The predicted octanol–water partition coefficient (Wildman–Crippen LogP) is 6.76. The second-order valence-electron chi connectivity index (χ2n) is 8.54. The Morgan fingerprint density at radius 3 is 2.09 bits per heavy atom. The molecule has 1 unspecified atom stereocenters. The van der Waals surface area contributed by atoms with Gasteiger partial charge in [0.2, 0.25) is 0 Å². The van der Waals surface area contributed by atoms with Crippen molar-refractivity contribution in [2.45, 2.75) is 76.9 Å². The van der Waals surface area contributed by atoms with Crippen LogP contribution in [0.5, 0.6) is 0 Å². The van der Waals surface area contributed by atoms with Crippen molar-refractivity contribution < 1.29 is 17.9 Å². The van der Waals surface area contributed by atoms with Gasteiger partial charge in [-0.25, -0.2) is 13.2 Å². The topological polar surface area (TPSA) is 60.4 Å². The Bertz CT molecular complexity index is 960. The molecule has 0 saturated heterocycles. The summed E-state index contributed by atoms with van der Waals surface area (Å²) in [7, 11) is -2.14. The van der Waals surface area contributed by atoms with E-state index in [9.17, 15) is 13.2 Å². The molecule has 0 radical (unpaired) electrons. The minimum atomic E-state index is -3.50. The summed E-state index contributed by atoms with van der Waals surface area (Å²) >= 11 is 0. The zero-order valence-corrected chi connectivity index (χ0v) is 21.2. The molecule has 5 heteroatoms. The number of carbonyl (C=O) groups is 1. The molecule has 0 aliphatic heterocycles. The molecule has 1 aromatic carbocycles. The van der Waals surface area contributed by atoms with Crippen LogP contribution in [0, 0.1) is 0 Å². The number of esters is 1. The van der Waals surface area contributed by atoms with Gasteiger partial charge in [0, 0.05) is 6.08 Å². The molecule has 0 aromatic heterocycles. The third kappa shape index (κ3) is 10.3. The Balaban J connectivity index is 3.04. The molecule has 0 saturated carbocycles. The smallest absolute Gasteiger partial charge is 0.330 e. The van der Waals surface area contributed by atoms with Gasteiger partial charge in [-0.2, -0.15) is 0 Å². The number of allylic oxidation sites excluding steroid dienone is 6. The van der Waals surface area contributed by atoms with Crippen molar-refractivity contribution in [3.8, 4) is 0 Å². The van der Waals surface area contributed by atoms with E-state index in [1.54, 1.807) is 24.3 Å². The highest BCUT2D eigenvalue weighted by atomic mass is 32.2. The third-order valence-corrected chi connectivity index (χ3v) is 7.18. The van der Waals surface area contributed by atoms with Gasteiger partial charge in [-0.1, -0.05) is 58.7 Å². The van der Waals surface area contributed by atoms with Crippen LogP contribution in [0.4, 0.5) is 0 Å². The van der Waals surface area contributed by atoms with Crippen LogP contribution in [-0.2, 0) is 19.4 Å². The number of methoxy groups -OCH3 is 1. The molecule has 0 heterocycles. The maximum absolute atomic E-state index is 13.4. The van der Waals surface area contributed by atoms with E-state index < -0.39 is 15.1 Å². The number of benzene rings is 1. The summed E-state index contributed by atoms with van der Waals surface area (Å²) in [6, 6.07) is 8.66. The van der Waals surface area contributed by atoms with Crippen molar-refractivity contribution in [3.63, 3.8) is 0 Å². The molecule has 1 rings (SSSR count). The lowest BCUT2D eigenvalue weighted by Crippen LogP contribution is -2.20. The molecule has 0 bridgehead atoms. The van der Waals surface area contributed by atoms with Crippen molar-refractivity contribution in [3.05, 3.63) is 76.9 Å². The highest BCUT2D eigenvalue weighted by Crippen LogP contribution is 2.25. The van der Waals surface area contributed by atoms with Crippen molar-refractivity contribution in [1.82, 2.24) is 0 Å². The zero-order valence-electron chi connectivity index (χ0n) is 20.4. The molecule has 32 heavy (non-hydrogen) atoms. The van der Waals surface area contributed by atoms with Gasteiger partial charge < -0.3 is 4.74 Å². The van der Waals surface area contributed by atoms with Gasteiger partial charge in [-0.3, -0.25) is 0 Å². The van der Waals surface area contributed by atoms with Gasteiger partial charge in [0.25, 0.3) is 0 Å². The van der Waals surface area contributed by atoms with Crippen LogP contribution in [0.3, 0.4) is 0 Å². The van der Waals surface area contributed by atoms with E-state index in [-0.39, 0.29) is 5.97 Å². The van der Waals surface area contributed by atoms with Gasteiger partial charge in [0.15, 0.2) is 9.84 Å². The molecule has 0 aliphatic rings. The first kappa shape index (κ1) is 27.6. The van der Waals surface area contributed by atoms with Gasteiger partial charge >= 0.3 is 5.97 Å². The zero-order chi connectivity index (χ0) is 24.1. The standard InChI is InChI=1S/C27H38O4S/c1-21(2)12-10-13-22(3)18-26(32(29,30)25-16-8-7-9-17-25)19-23(4)14-11-15-24(5)20-27(28)31-6/h7-9,12,14,16-18,20,26H,10-11,13,15,19H2,1-6H3/b22-18+,23-14+,24-20+. The van der Waals surface area contributed by atoms with E-state index in [4.69, 9.17) is 0 Å². The largest absolute Gasteiger partial charge is 0.466 e. The summed E-state index contributed by atoms with van der Waals surface area (Å²) in [5.74, 6) is -0.356. The predicted molar refractivity (Wildman–Crippen MR) is 133 cm³/mol. The fourth-order valence-corrected chi connectivity index (χ4v) is 5.09. The number of hydrogen-bond donors (Lipinski definition) is 0. The van der Waals surface area contributed by atoms with Gasteiger partial charge in [0.1, 0.15) is 0 Å². The van der Waals surface area contributed by atoms with E-state index >= 15 is 0 Å². The number of sulfone groups is 1. The van der Waals surface area contributed by atoms with Crippen LogP contribution in [0.25, 0.3) is 0 Å². The maximum Gasteiger partial charge on any atom is 0.330 e. The Kier molecular flexibility index (Phi) is 12.0. The van der Waals surface area contributed by atoms with Crippen molar-refractivity contribution in [2.75, 3.05) is 7.11 Å². The molecule has 0 N–H and O–H groups in total. The highest BCUT2D eigenvalue weighted by molar-refractivity contribution is 7.92. The first-order valence-corrected chi connectivity index (χ1v) is 12.6. The summed E-state index contributed by atoms with van der Waals surface area (Å²) in [6.45, 7) is 10.0. The third-order valence-electron chi connectivity index (χ3n) is 5.15. The van der Waals surface area contributed by atoms with E-state index in [1.807, 2.05) is 32.9 Å². The fraction of sp³-hybridized carbons (Fsp3) is 0.444. The molecule has 1 atom stereocenters. The minimum absolute atomic E-state index is 0.350. The molecule has 1 aromatic rings. The second kappa shape index (κ2) is 13.9. The molecule has 0 spiro atoms. The van der Waals surface area contributed by atoms with Crippen molar-refractivity contribution >= 4 is 15.8 Å². The summed E-state index contributed by atoms with van der Waals surface area (Å²) in [6.07, 6.45) is 11.3. The summed E-state index contributed by atoms with van der Waals surface area (Å²) in [5.41, 5.74) is 4.30. The van der Waals surface area contributed by atoms with E-state index in [0.717, 1.165) is 42.4 Å². The van der Waals surface area contributed by atoms with E-state index in [2.05, 4.69) is 30.7 Å². The van der Waals surface area contributed by atoms with Crippen LogP contribution in [0.2, 0.25) is 0 Å². The van der Waals surface area contributed by atoms with Crippen LogP contribution in [-0.4, -0.2) is 26.7 Å². The lowest BCUT2D eigenvalue weighted by Gasteiger charge is -2.16. The van der Waals surface area contributed by atoms with Gasteiger partial charge in [0.05, 0.1) is 17.3 Å². The average molecular weight is 459 g/mol. The molecular formula is C27H38O4S. The summed E-state index contributed by atoms with van der Waals surface area (Å²) in [5, 5.41) is -0.612. The summed E-state index contributed by atoms with van der Waals surface area (Å²) in [4.78, 5) is 11.7. The molecular weight excluding hydrogens is 420 g/mol. The molecule has 176 valence electrons. The molecule has 0 fully saturated rings. The monoisotopic (exact) mass is 458 g/mol. The number of rotatable bonds is 12. The van der Waals surface area contributed by atoms with E-state index in [1.165, 1.54) is 18.8 Å². The lowest BCUT2D eigenvalue weighted by molar-refractivity contribution is -0.134. The van der Waals surface area contributed by atoms with Crippen LogP contribution in [0.1, 0.15) is 66.7 Å². The number of carbonyl (C=O) groups excluding carboxylic acids is 1. The van der Waals surface area contributed by atoms with E-state index in [0.29, 0.717) is 11.3 Å². The maximum atomic E-state index is 13.4. The quantitative estimate of drug-likeness (QED) is 0.197. The van der Waals surface area contributed by atoms with Gasteiger partial charge in [-0.15, -0.1) is 0 Å². The Labute approximate surface area is 194 Å². The number of ether oxygens (including phenoxy) is 1. The van der Waals surface area contributed by atoms with Crippen LogP contribution >= 0.6 is 0 Å². The first-order valence-electron chi connectivity index (χ1n) is 11.1. The minimum Gasteiger partial charge on any atom is -0.466 e. The Hall–Kier alpha value is -2.40. The van der Waals surface area contributed by atoms with Gasteiger partial charge in [-0.05, 0) is 78.9 Å². The lowest BCUT2D eigenvalue weighted by atomic mass is 10.0. The number of hydrogen-bond acceptors (Lipinski definition) is 4. The second-order valence-corrected chi connectivity index (χ2v) is 10.7. The molecule has 0 amide bonds. The molecule has 0 aliphatic carbocycles. The highest BCUT2D eigenvalue weighted by Gasteiger charge is 2.25. The first-order chi connectivity index (χ1) is 15.1. The SMILES string of the molecule is COC(=O)/C=C(\C)CC/C=C(\C)CC(/C=C(\C)CCC=C(C)C)S(=O)(=O)c1ccccc1. The fourth-order valence-electron chi connectivity index (χ4n) is 3.31. The average Bonchev–Trinajstić information content (AvgIpc) is 2.73. The Morgan fingerprint density at radius 2 is 1.50 bits per heavy atom. The normalized spacial score (nSPS) is 14.1. The van der Waals surface area contributed by atoms with Crippen LogP contribution < -0.4 is 0 Å². The summed E-state index contributed by atoms with van der Waals surface area (Å²) < 4.78 is 31.4. The molecule has 4 nitrogen and oxygen atoms in total. The van der Waals surface area contributed by atoms with Crippen molar-refractivity contribution in [1.29, 1.82) is 0 Å². The van der Waals surface area contributed by atoms with Crippen molar-refractivity contribution in [2.24, 2.45) is 0 Å². The van der Waals surface area contributed by atoms with Crippen LogP contribution in [0.15, 0.2) is 81.8 Å². The Morgan fingerprint density at radius 1 is 0.906 bits per heavy atom.